The molecular weight excluding hydrogens is 380 g/mol. The van der Waals surface area contributed by atoms with Crippen molar-refractivity contribution in [3.8, 4) is 5.75 Å². The molecule has 1 aliphatic heterocycles. The summed E-state index contributed by atoms with van der Waals surface area (Å²) in [7, 11) is 1.63. The van der Waals surface area contributed by atoms with Crippen LogP contribution in [0.1, 0.15) is 36.6 Å². The van der Waals surface area contributed by atoms with Gasteiger partial charge >= 0.3 is 12.0 Å². The molecule has 30 heavy (non-hydrogen) atoms. The summed E-state index contributed by atoms with van der Waals surface area (Å²) in [5.41, 5.74) is 3.89. The summed E-state index contributed by atoms with van der Waals surface area (Å²) in [6.45, 7) is 6.13. The van der Waals surface area contributed by atoms with E-state index in [2.05, 4.69) is 12.2 Å². The van der Waals surface area contributed by atoms with E-state index in [1.54, 1.807) is 14.0 Å². The second-order valence-electron chi connectivity index (χ2n) is 7.23. The van der Waals surface area contributed by atoms with E-state index in [0.29, 0.717) is 17.0 Å². The van der Waals surface area contributed by atoms with Crippen molar-refractivity contribution >= 4 is 12.0 Å². The lowest BCUT2D eigenvalue weighted by molar-refractivity contribution is -0.139. The van der Waals surface area contributed by atoms with Gasteiger partial charge in [0.25, 0.3) is 0 Å². The molecule has 1 unspecified atom stereocenters. The minimum Gasteiger partial charge on any atom is -0.487 e. The van der Waals surface area contributed by atoms with Crippen LogP contribution in [0.25, 0.3) is 0 Å². The summed E-state index contributed by atoms with van der Waals surface area (Å²) < 4.78 is 11.3. The van der Waals surface area contributed by atoms with Crippen molar-refractivity contribution in [3.63, 3.8) is 0 Å². The molecule has 2 amide bonds. The average Bonchev–Trinajstić information content (AvgIpc) is 2.74. The lowest BCUT2D eigenvalue weighted by atomic mass is 9.94. The predicted molar refractivity (Wildman–Crippen MR) is 115 cm³/mol. The Bertz CT molecular complexity index is 967. The number of carbonyl (C=O) groups is 2. The third-order valence-electron chi connectivity index (χ3n) is 5.13. The van der Waals surface area contributed by atoms with Crippen molar-refractivity contribution in [2.75, 3.05) is 20.3 Å². The number of amides is 2. The average molecular weight is 408 g/mol. The molecule has 0 bridgehead atoms. The molecule has 0 radical (unpaired) electrons. The number of rotatable bonds is 7. The smallest absolute Gasteiger partial charge is 0.338 e. The van der Waals surface area contributed by atoms with E-state index in [-0.39, 0.29) is 19.2 Å². The fourth-order valence-electron chi connectivity index (χ4n) is 3.49. The quantitative estimate of drug-likeness (QED) is 0.699. The van der Waals surface area contributed by atoms with Gasteiger partial charge in [0.1, 0.15) is 12.4 Å². The molecule has 0 spiro atoms. The topological polar surface area (TPSA) is 67.9 Å². The third-order valence-corrected chi connectivity index (χ3v) is 5.13. The Morgan fingerprint density at radius 1 is 1.13 bits per heavy atom. The summed E-state index contributed by atoms with van der Waals surface area (Å²) in [4.78, 5) is 27.0. The molecule has 0 aromatic heterocycles. The summed E-state index contributed by atoms with van der Waals surface area (Å²) in [5, 5.41) is 2.92. The molecule has 0 saturated carbocycles. The standard InChI is InChI=1S/C24H28N2O4/c1-5-17-10-8-12-19(14-17)30-15-20-21(23(27)29-6-2)22(25-24(28)26(20)4)18-11-7-9-16(3)13-18/h7-14,22H,5-6,15H2,1-4H3,(H,25,28). The molecule has 1 atom stereocenters. The maximum absolute atomic E-state index is 12.9. The second kappa shape index (κ2) is 9.48. The van der Waals surface area contributed by atoms with Crippen molar-refractivity contribution < 1.29 is 19.1 Å². The van der Waals surface area contributed by atoms with E-state index >= 15 is 0 Å². The number of likely N-dealkylation sites (N-methyl/N-ethyl adjacent to an activating group) is 1. The van der Waals surface area contributed by atoms with E-state index in [4.69, 9.17) is 9.47 Å². The first kappa shape index (κ1) is 21.4. The molecule has 0 fully saturated rings. The van der Waals surface area contributed by atoms with Crippen LogP contribution in [0.2, 0.25) is 0 Å². The van der Waals surface area contributed by atoms with Crippen LogP contribution in [0.4, 0.5) is 4.79 Å². The summed E-state index contributed by atoms with van der Waals surface area (Å²) in [6, 6.07) is 14.6. The van der Waals surface area contributed by atoms with Gasteiger partial charge in [0.05, 0.1) is 23.9 Å². The van der Waals surface area contributed by atoms with Gasteiger partial charge in [-0.25, -0.2) is 9.59 Å². The lowest BCUT2D eigenvalue weighted by Gasteiger charge is -2.34. The predicted octanol–water partition coefficient (Wildman–Crippen LogP) is 4.15. The van der Waals surface area contributed by atoms with E-state index in [0.717, 1.165) is 23.1 Å². The Morgan fingerprint density at radius 3 is 2.60 bits per heavy atom. The van der Waals surface area contributed by atoms with E-state index in [1.165, 1.54) is 4.90 Å². The van der Waals surface area contributed by atoms with Crippen LogP contribution in [0.3, 0.4) is 0 Å². The Balaban J connectivity index is 2.02. The van der Waals surface area contributed by atoms with Gasteiger partial charge in [0, 0.05) is 7.05 Å². The Morgan fingerprint density at radius 2 is 1.90 bits per heavy atom. The zero-order valence-corrected chi connectivity index (χ0v) is 17.9. The first-order valence-corrected chi connectivity index (χ1v) is 10.2. The highest BCUT2D eigenvalue weighted by Gasteiger charge is 2.37. The van der Waals surface area contributed by atoms with Crippen molar-refractivity contribution in [2.24, 2.45) is 0 Å². The van der Waals surface area contributed by atoms with Gasteiger partial charge in [-0.15, -0.1) is 0 Å². The molecule has 1 aliphatic rings. The molecular formula is C24H28N2O4. The Kier molecular flexibility index (Phi) is 6.77. The monoisotopic (exact) mass is 408 g/mol. The van der Waals surface area contributed by atoms with Crippen LogP contribution in [-0.4, -0.2) is 37.2 Å². The number of hydrogen-bond acceptors (Lipinski definition) is 4. The van der Waals surface area contributed by atoms with Gasteiger partial charge in [-0.2, -0.15) is 0 Å². The SMILES string of the molecule is CCOC(=O)C1=C(COc2cccc(CC)c2)N(C)C(=O)NC1c1cccc(C)c1. The summed E-state index contributed by atoms with van der Waals surface area (Å²) >= 11 is 0. The van der Waals surface area contributed by atoms with E-state index in [1.807, 2.05) is 55.5 Å². The molecule has 0 aliphatic carbocycles. The van der Waals surface area contributed by atoms with Crippen LogP contribution in [0.15, 0.2) is 59.8 Å². The summed E-state index contributed by atoms with van der Waals surface area (Å²) in [6.07, 6.45) is 0.895. The number of nitrogens with one attached hydrogen (secondary N) is 1. The maximum atomic E-state index is 12.9. The molecule has 1 heterocycles. The van der Waals surface area contributed by atoms with Crippen LogP contribution in [-0.2, 0) is 16.0 Å². The van der Waals surface area contributed by atoms with Crippen LogP contribution in [0, 0.1) is 6.92 Å². The number of nitrogens with zero attached hydrogens (tertiary/aromatic N) is 1. The zero-order valence-electron chi connectivity index (χ0n) is 17.9. The molecule has 6 nitrogen and oxygen atoms in total. The molecule has 0 saturated heterocycles. The molecule has 2 aromatic rings. The second-order valence-corrected chi connectivity index (χ2v) is 7.23. The van der Waals surface area contributed by atoms with Gasteiger partial charge < -0.3 is 14.8 Å². The highest BCUT2D eigenvalue weighted by Crippen LogP contribution is 2.31. The van der Waals surface area contributed by atoms with E-state index < -0.39 is 12.0 Å². The first-order chi connectivity index (χ1) is 14.4. The largest absolute Gasteiger partial charge is 0.487 e. The molecule has 3 rings (SSSR count). The number of benzene rings is 2. The minimum atomic E-state index is -0.603. The first-order valence-electron chi connectivity index (χ1n) is 10.2. The van der Waals surface area contributed by atoms with Gasteiger partial charge in [0.2, 0.25) is 0 Å². The highest BCUT2D eigenvalue weighted by molar-refractivity contribution is 5.95. The fourth-order valence-corrected chi connectivity index (χ4v) is 3.49. The molecule has 158 valence electrons. The van der Waals surface area contributed by atoms with Crippen molar-refractivity contribution in [1.29, 1.82) is 0 Å². The van der Waals surface area contributed by atoms with Crippen LogP contribution < -0.4 is 10.1 Å². The van der Waals surface area contributed by atoms with Crippen molar-refractivity contribution in [1.82, 2.24) is 10.2 Å². The van der Waals surface area contributed by atoms with Crippen molar-refractivity contribution in [2.45, 2.75) is 33.2 Å². The third kappa shape index (κ3) is 4.64. The number of hydrogen-bond donors (Lipinski definition) is 1. The normalized spacial score (nSPS) is 16.3. The number of carbonyl (C=O) groups excluding carboxylic acids is 2. The van der Waals surface area contributed by atoms with Crippen LogP contribution in [0.5, 0.6) is 5.75 Å². The van der Waals surface area contributed by atoms with Gasteiger partial charge in [-0.1, -0.05) is 48.9 Å². The Labute approximate surface area is 177 Å². The maximum Gasteiger partial charge on any atom is 0.338 e. The number of aryl methyl sites for hydroxylation is 2. The van der Waals surface area contributed by atoms with Gasteiger partial charge in [0.15, 0.2) is 0 Å². The number of esters is 1. The van der Waals surface area contributed by atoms with Crippen LogP contribution >= 0.6 is 0 Å². The van der Waals surface area contributed by atoms with Crippen molar-refractivity contribution in [3.05, 3.63) is 76.5 Å². The lowest BCUT2D eigenvalue weighted by Crippen LogP contribution is -2.48. The highest BCUT2D eigenvalue weighted by atomic mass is 16.5. The molecule has 2 aromatic carbocycles. The number of urea groups is 1. The molecule has 6 heteroatoms. The zero-order chi connectivity index (χ0) is 21.7. The van der Waals surface area contributed by atoms with E-state index in [9.17, 15) is 9.59 Å². The Hall–Kier alpha value is -3.28. The van der Waals surface area contributed by atoms with Gasteiger partial charge in [-0.05, 0) is 43.5 Å². The van der Waals surface area contributed by atoms with Gasteiger partial charge in [-0.3, -0.25) is 4.90 Å². The fraction of sp³-hybridized carbons (Fsp3) is 0.333. The molecule has 1 N–H and O–H groups in total. The summed E-state index contributed by atoms with van der Waals surface area (Å²) in [5.74, 6) is 0.230. The number of ether oxygens (including phenoxy) is 2. The minimum absolute atomic E-state index is 0.0769.